The molecular weight excluding hydrogens is 307 g/mol. The van der Waals surface area contributed by atoms with Crippen molar-refractivity contribution in [3.8, 4) is 0 Å². The van der Waals surface area contributed by atoms with Crippen LogP contribution in [-0.4, -0.2) is 27.0 Å². The molecule has 2 N–H and O–H groups in total. The van der Waals surface area contributed by atoms with Gasteiger partial charge in [0.05, 0.1) is 10.0 Å². The average Bonchev–Trinajstić information content (AvgIpc) is 2.32. The van der Waals surface area contributed by atoms with Crippen LogP contribution in [0.1, 0.15) is 19.8 Å². The van der Waals surface area contributed by atoms with Gasteiger partial charge in [-0.2, -0.15) is 0 Å². The van der Waals surface area contributed by atoms with Gasteiger partial charge in [-0.3, -0.25) is 0 Å². The molecule has 1 aliphatic rings. The summed E-state index contributed by atoms with van der Waals surface area (Å²) in [5.74, 6) is 0. The highest BCUT2D eigenvalue weighted by atomic mass is 35.5. The molecule has 1 aliphatic heterocycles. The summed E-state index contributed by atoms with van der Waals surface area (Å²) >= 11 is 11.8. The molecule has 0 radical (unpaired) electrons. The topological polar surface area (TPSA) is 58.2 Å². The van der Waals surface area contributed by atoms with E-state index in [9.17, 15) is 8.42 Å². The summed E-state index contributed by atoms with van der Waals surface area (Å²) in [7, 11) is -3.67. The van der Waals surface area contributed by atoms with E-state index in [1.54, 1.807) is 12.1 Å². The molecule has 4 nitrogen and oxygen atoms in total. The zero-order chi connectivity index (χ0) is 14.1. The van der Waals surface area contributed by atoms with Crippen molar-refractivity contribution >= 4 is 33.2 Å². The van der Waals surface area contributed by atoms with Crippen LogP contribution in [0.25, 0.3) is 0 Å². The van der Waals surface area contributed by atoms with Crippen molar-refractivity contribution in [1.29, 1.82) is 0 Å². The number of sulfonamides is 1. The van der Waals surface area contributed by atoms with Crippen LogP contribution in [0.4, 0.5) is 0 Å². The molecule has 0 bridgehead atoms. The Morgan fingerprint density at radius 3 is 2.53 bits per heavy atom. The standard InChI is InChI=1S/C12H16Cl2N2O2S/c1-12(5-7-15-8-6-12)16-19(17,18)10-4-2-3-9(13)11(10)14/h2-4,15-16H,5-8H2,1H3. The van der Waals surface area contributed by atoms with Gasteiger partial charge in [0.25, 0.3) is 0 Å². The van der Waals surface area contributed by atoms with E-state index in [2.05, 4.69) is 10.0 Å². The van der Waals surface area contributed by atoms with Crippen molar-refractivity contribution in [2.45, 2.75) is 30.2 Å². The van der Waals surface area contributed by atoms with Crippen molar-refractivity contribution in [2.24, 2.45) is 0 Å². The number of rotatable bonds is 3. The van der Waals surface area contributed by atoms with Crippen LogP contribution in [0.5, 0.6) is 0 Å². The molecular formula is C12H16Cl2N2O2S. The third kappa shape index (κ3) is 3.41. The van der Waals surface area contributed by atoms with E-state index in [4.69, 9.17) is 23.2 Å². The maximum absolute atomic E-state index is 12.4. The maximum Gasteiger partial charge on any atom is 0.242 e. The smallest absolute Gasteiger partial charge is 0.242 e. The Morgan fingerprint density at radius 2 is 1.89 bits per heavy atom. The number of hydrogen-bond donors (Lipinski definition) is 2. The first kappa shape index (κ1) is 15.1. The molecule has 19 heavy (non-hydrogen) atoms. The van der Waals surface area contributed by atoms with E-state index in [0.29, 0.717) is 0 Å². The van der Waals surface area contributed by atoms with Gasteiger partial charge in [0.2, 0.25) is 10.0 Å². The van der Waals surface area contributed by atoms with Crippen LogP contribution >= 0.6 is 23.2 Å². The molecule has 1 heterocycles. The molecule has 106 valence electrons. The molecule has 0 atom stereocenters. The van der Waals surface area contributed by atoms with E-state index < -0.39 is 15.6 Å². The van der Waals surface area contributed by atoms with E-state index in [-0.39, 0.29) is 14.9 Å². The lowest BCUT2D eigenvalue weighted by Gasteiger charge is -2.34. The van der Waals surface area contributed by atoms with Crippen LogP contribution in [0.15, 0.2) is 23.1 Å². The van der Waals surface area contributed by atoms with E-state index in [1.807, 2.05) is 6.92 Å². The molecule has 7 heteroatoms. The second-order valence-electron chi connectivity index (χ2n) is 4.97. The average molecular weight is 323 g/mol. The van der Waals surface area contributed by atoms with Crippen LogP contribution in [0.2, 0.25) is 10.0 Å². The highest BCUT2D eigenvalue weighted by Gasteiger charge is 2.33. The zero-order valence-electron chi connectivity index (χ0n) is 10.5. The van der Waals surface area contributed by atoms with Gasteiger partial charge in [-0.1, -0.05) is 29.3 Å². The number of benzene rings is 1. The molecule has 1 fully saturated rings. The second-order valence-corrected chi connectivity index (χ2v) is 7.40. The van der Waals surface area contributed by atoms with Crippen LogP contribution in [0.3, 0.4) is 0 Å². The van der Waals surface area contributed by atoms with E-state index in [1.165, 1.54) is 6.07 Å². The maximum atomic E-state index is 12.4. The molecule has 1 aromatic carbocycles. The van der Waals surface area contributed by atoms with Crippen LogP contribution in [0, 0.1) is 0 Å². The Bertz CT molecular complexity index is 569. The fourth-order valence-corrected chi connectivity index (χ4v) is 4.38. The van der Waals surface area contributed by atoms with E-state index in [0.717, 1.165) is 25.9 Å². The van der Waals surface area contributed by atoms with Gasteiger partial charge >= 0.3 is 0 Å². The van der Waals surface area contributed by atoms with Gasteiger partial charge < -0.3 is 5.32 Å². The molecule has 0 saturated carbocycles. The minimum absolute atomic E-state index is 0.0291. The van der Waals surface area contributed by atoms with Gasteiger partial charge in [0, 0.05) is 5.54 Å². The summed E-state index contributed by atoms with van der Waals surface area (Å²) in [5, 5.41) is 3.50. The van der Waals surface area contributed by atoms with Gasteiger partial charge in [0.1, 0.15) is 4.90 Å². The second kappa shape index (κ2) is 5.58. The predicted octanol–water partition coefficient (Wildman–Crippen LogP) is 2.41. The number of piperidine rings is 1. The Morgan fingerprint density at radius 1 is 1.26 bits per heavy atom. The summed E-state index contributed by atoms with van der Waals surface area (Å²) in [4.78, 5) is 0.0291. The monoisotopic (exact) mass is 322 g/mol. The van der Waals surface area contributed by atoms with Crippen LogP contribution < -0.4 is 10.0 Å². The lowest BCUT2D eigenvalue weighted by atomic mass is 9.92. The molecule has 2 rings (SSSR count). The molecule has 0 aliphatic carbocycles. The van der Waals surface area contributed by atoms with Crippen molar-refractivity contribution in [2.75, 3.05) is 13.1 Å². The summed E-state index contributed by atoms with van der Waals surface area (Å²) in [5.41, 5.74) is -0.449. The first-order valence-corrected chi connectivity index (χ1v) is 8.27. The zero-order valence-corrected chi connectivity index (χ0v) is 12.9. The summed E-state index contributed by atoms with van der Waals surface area (Å²) in [6.45, 7) is 3.49. The Hall–Kier alpha value is -0.330. The lowest BCUT2D eigenvalue weighted by Crippen LogP contribution is -2.52. The summed E-state index contributed by atoms with van der Waals surface area (Å²) in [6, 6.07) is 4.60. The van der Waals surface area contributed by atoms with Gasteiger partial charge in [-0.05, 0) is 45.0 Å². The third-order valence-electron chi connectivity index (χ3n) is 3.29. The highest BCUT2D eigenvalue weighted by Crippen LogP contribution is 2.30. The third-order valence-corrected chi connectivity index (χ3v) is 5.91. The SMILES string of the molecule is CC1(NS(=O)(=O)c2cccc(Cl)c2Cl)CCNCC1. The Balaban J connectivity index is 2.30. The van der Waals surface area contributed by atoms with Gasteiger partial charge in [-0.25, -0.2) is 13.1 Å². The van der Waals surface area contributed by atoms with E-state index >= 15 is 0 Å². The largest absolute Gasteiger partial charge is 0.317 e. The first-order valence-electron chi connectivity index (χ1n) is 6.03. The highest BCUT2D eigenvalue weighted by molar-refractivity contribution is 7.89. The van der Waals surface area contributed by atoms with Crippen molar-refractivity contribution in [3.63, 3.8) is 0 Å². The number of hydrogen-bond acceptors (Lipinski definition) is 3. The van der Waals surface area contributed by atoms with Crippen molar-refractivity contribution < 1.29 is 8.42 Å². The Labute approximate surface area is 123 Å². The fraction of sp³-hybridized carbons (Fsp3) is 0.500. The molecule has 0 aromatic heterocycles. The fourth-order valence-electron chi connectivity index (χ4n) is 2.15. The molecule has 0 unspecified atom stereocenters. The first-order chi connectivity index (χ1) is 8.84. The molecule has 0 spiro atoms. The van der Waals surface area contributed by atoms with Gasteiger partial charge in [0.15, 0.2) is 0 Å². The van der Waals surface area contributed by atoms with Crippen molar-refractivity contribution in [3.05, 3.63) is 28.2 Å². The van der Waals surface area contributed by atoms with Crippen LogP contribution in [-0.2, 0) is 10.0 Å². The summed E-state index contributed by atoms with van der Waals surface area (Å²) in [6.07, 6.45) is 1.48. The van der Waals surface area contributed by atoms with Crippen molar-refractivity contribution in [1.82, 2.24) is 10.0 Å². The predicted molar refractivity (Wildman–Crippen MR) is 77.3 cm³/mol. The molecule has 1 saturated heterocycles. The lowest BCUT2D eigenvalue weighted by molar-refractivity contribution is 0.308. The molecule has 0 amide bonds. The van der Waals surface area contributed by atoms with Gasteiger partial charge in [-0.15, -0.1) is 0 Å². The minimum atomic E-state index is -3.67. The number of nitrogens with one attached hydrogen (secondary N) is 2. The molecule has 1 aromatic rings. The summed E-state index contributed by atoms with van der Waals surface area (Å²) < 4.78 is 27.6. The quantitative estimate of drug-likeness (QED) is 0.898. The normalized spacial score (nSPS) is 19.3. The Kier molecular flexibility index (Phi) is 4.42. The minimum Gasteiger partial charge on any atom is -0.317 e. The number of halogens is 2.